The molecular weight excluding hydrogens is 462 g/mol. The number of rotatable bonds is 8. The van der Waals surface area contributed by atoms with Crippen molar-refractivity contribution in [1.29, 1.82) is 0 Å². The molecule has 0 aromatic heterocycles. The van der Waals surface area contributed by atoms with Gasteiger partial charge < -0.3 is 5.73 Å². The Labute approximate surface area is 216 Å². The molecule has 1 nitrogen and oxygen atoms in total. The molecule has 0 spiro atoms. The Kier molecular flexibility index (Phi) is 7.89. The number of benzene rings is 4. The van der Waals surface area contributed by atoms with Gasteiger partial charge in [-0.1, -0.05) is 96.3 Å². The van der Waals surface area contributed by atoms with Crippen LogP contribution in [0, 0.1) is 0 Å². The largest absolute Gasteiger partial charge is 0.326 e. The van der Waals surface area contributed by atoms with Crippen LogP contribution in [0.25, 0.3) is 10.8 Å². The van der Waals surface area contributed by atoms with Crippen LogP contribution in [0.5, 0.6) is 0 Å². The Morgan fingerprint density at radius 1 is 0.743 bits per heavy atom. The van der Waals surface area contributed by atoms with Gasteiger partial charge in [0.2, 0.25) is 0 Å². The van der Waals surface area contributed by atoms with Crippen LogP contribution < -0.4 is 5.73 Å². The second kappa shape index (κ2) is 11.6. The SMILES string of the molecule is NC/C(=C\C1=CCCC=C1Cc1cc(Sc2ccccc2)cc2ccccc12)Sc1ccccc1. The van der Waals surface area contributed by atoms with Crippen molar-refractivity contribution >= 4 is 34.3 Å². The van der Waals surface area contributed by atoms with E-state index in [1.165, 1.54) is 47.1 Å². The summed E-state index contributed by atoms with van der Waals surface area (Å²) < 4.78 is 0. The highest BCUT2D eigenvalue weighted by Crippen LogP contribution is 2.35. The molecule has 0 amide bonds. The molecule has 0 aliphatic heterocycles. The molecule has 1 aliphatic carbocycles. The number of allylic oxidation sites excluding steroid dienone is 5. The lowest BCUT2D eigenvalue weighted by Gasteiger charge is -2.17. The van der Waals surface area contributed by atoms with Crippen LogP contribution in [-0.4, -0.2) is 6.54 Å². The van der Waals surface area contributed by atoms with Crippen molar-refractivity contribution in [3.8, 4) is 0 Å². The zero-order chi connectivity index (χ0) is 23.9. The van der Waals surface area contributed by atoms with Crippen LogP contribution in [0.2, 0.25) is 0 Å². The van der Waals surface area contributed by atoms with Crippen LogP contribution in [-0.2, 0) is 6.42 Å². The first-order valence-electron chi connectivity index (χ1n) is 12.1. The van der Waals surface area contributed by atoms with E-state index in [1.54, 1.807) is 11.8 Å². The molecule has 174 valence electrons. The first kappa shape index (κ1) is 23.7. The van der Waals surface area contributed by atoms with Crippen molar-refractivity contribution in [1.82, 2.24) is 0 Å². The van der Waals surface area contributed by atoms with Gasteiger partial charge in [-0.3, -0.25) is 0 Å². The molecule has 4 aromatic rings. The zero-order valence-electron chi connectivity index (χ0n) is 19.7. The fourth-order valence-corrected chi connectivity index (χ4v) is 6.23. The highest BCUT2D eigenvalue weighted by atomic mass is 32.2. The summed E-state index contributed by atoms with van der Waals surface area (Å²) >= 11 is 3.59. The lowest BCUT2D eigenvalue weighted by molar-refractivity contribution is 0.976. The summed E-state index contributed by atoms with van der Waals surface area (Å²) in [5.74, 6) is 0. The Hall–Kier alpha value is -2.98. The molecule has 2 N–H and O–H groups in total. The fourth-order valence-electron chi connectivity index (χ4n) is 4.41. The molecule has 0 saturated heterocycles. The maximum atomic E-state index is 6.16. The van der Waals surface area contributed by atoms with Gasteiger partial charge in [-0.05, 0) is 89.2 Å². The topological polar surface area (TPSA) is 26.0 Å². The fraction of sp³-hybridized carbons (Fsp3) is 0.125. The molecule has 1 aliphatic rings. The van der Waals surface area contributed by atoms with E-state index >= 15 is 0 Å². The predicted molar refractivity (Wildman–Crippen MR) is 153 cm³/mol. The standard InChI is InChI=1S/C32H29NS2/c33-23-31(35-29-16-5-2-6-17-29)20-25-12-8-7-11-24(25)19-27-22-30(34-28-14-3-1-4-15-28)21-26-13-9-10-18-32(26)27/h1-6,9-18,20-22H,7-8,19,23,33H2/b31-20+. The van der Waals surface area contributed by atoms with Crippen LogP contribution in [0.4, 0.5) is 0 Å². The normalized spacial score (nSPS) is 14.0. The molecule has 0 heterocycles. The molecule has 0 bridgehead atoms. The monoisotopic (exact) mass is 491 g/mol. The van der Waals surface area contributed by atoms with Gasteiger partial charge in [-0.2, -0.15) is 0 Å². The first-order valence-corrected chi connectivity index (χ1v) is 13.7. The van der Waals surface area contributed by atoms with Gasteiger partial charge >= 0.3 is 0 Å². The van der Waals surface area contributed by atoms with Gasteiger partial charge in [0.05, 0.1) is 0 Å². The average molecular weight is 492 g/mol. The maximum Gasteiger partial charge on any atom is 0.0242 e. The number of fused-ring (bicyclic) bond motifs is 1. The Balaban J connectivity index is 1.45. The molecule has 35 heavy (non-hydrogen) atoms. The van der Waals surface area contributed by atoms with E-state index in [9.17, 15) is 0 Å². The molecular formula is C32H29NS2. The summed E-state index contributed by atoms with van der Waals surface area (Å²) in [5.41, 5.74) is 10.2. The van der Waals surface area contributed by atoms with Crippen LogP contribution in [0.1, 0.15) is 18.4 Å². The third kappa shape index (κ3) is 6.18. The molecule has 0 saturated carbocycles. The molecule has 4 aromatic carbocycles. The predicted octanol–water partition coefficient (Wildman–Crippen LogP) is 8.82. The number of hydrogen-bond acceptors (Lipinski definition) is 3. The van der Waals surface area contributed by atoms with Crippen LogP contribution in [0.15, 0.2) is 146 Å². The molecule has 0 radical (unpaired) electrons. The van der Waals surface area contributed by atoms with E-state index in [0.29, 0.717) is 6.54 Å². The van der Waals surface area contributed by atoms with E-state index in [1.807, 2.05) is 11.8 Å². The third-order valence-electron chi connectivity index (χ3n) is 6.08. The first-order chi connectivity index (χ1) is 17.3. The minimum atomic E-state index is 0.538. The van der Waals surface area contributed by atoms with E-state index in [0.717, 1.165) is 19.3 Å². The summed E-state index contributed by atoms with van der Waals surface area (Å²) in [7, 11) is 0. The van der Waals surface area contributed by atoms with Crippen LogP contribution >= 0.6 is 23.5 Å². The number of nitrogens with two attached hydrogens (primary N) is 1. The Morgan fingerprint density at radius 2 is 1.43 bits per heavy atom. The van der Waals surface area contributed by atoms with Gasteiger partial charge in [0.1, 0.15) is 0 Å². The molecule has 0 unspecified atom stereocenters. The lowest BCUT2D eigenvalue weighted by atomic mass is 9.90. The molecule has 5 rings (SSSR count). The zero-order valence-corrected chi connectivity index (χ0v) is 21.3. The summed E-state index contributed by atoms with van der Waals surface area (Å²) in [6.07, 6.45) is 10.2. The van der Waals surface area contributed by atoms with Crippen molar-refractivity contribution in [2.75, 3.05) is 6.54 Å². The minimum absolute atomic E-state index is 0.538. The van der Waals surface area contributed by atoms with Gasteiger partial charge in [0, 0.05) is 26.1 Å². The van der Waals surface area contributed by atoms with Crippen molar-refractivity contribution in [2.45, 2.75) is 33.9 Å². The second-order valence-electron chi connectivity index (χ2n) is 8.59. The molecule has 0 atom stereocenters. The Bertz CT molecular complexity index is 1390. The van der Waals surface area contributed by atoms with Crippen molar-refractivity contribution in [3.63, 3.8) is 0 Å². The smallest absolute Gasteiger partial charge is 0.0242 e. The second-order valence-corrected chi connectivity index (χ2v) is 10.9. The summed E-state index contributed by atoms with van der Waals surface area (Å²) in [6, 6.07) is 34.5. The maximum absolute atomic E-state index is 6.16. The average Bonchev–Trinajstić information content (AvgIpc) is 2.90. The van der Waals surface area contributed by atoms with E-state index < -0.39 is 0 Å². The van der Waals surface area contributed by atoms with Crippen molar-refractivity contribution in [3.05, 3.63) is 137 Å². The summed E-state index contributed by atoms with van der Waals surface area (Å²) in [6.45, 7) is 0.538. The van der Waals surface area contributed by atoms with Crippen LogP contribution in [0.3, 0.4) is 0 Å². The third-order valence-corrected chi connectivity index (χ3v) is 8.12. The van der Waals surface area contributed by atoms with Gasteiger partial charge in [0.15, 0.2) is 0 Å². The minimum Gasteiger partial charge on any atom is -0.326 e. The van der Waals surface area contributed by atoms with E-state index in [4.69, 9.17) is 5.73 Å². The number of hydrogen-bond donors (Lipinski definition) is 1. The van der Waals surface area contributed by atoms with Crippen molar-refractivity contribution in [2.24, 2.45) is 5.73 Å². The van der Waals surface area contributed by atoms with E-state index in [2.05, 4.69) is 115 Å². The lowest BCUT2D eigenvalue weighted by Crippen LogP contribution is -2.04. The molecule has 3 heteroatoms. The van der Waals surface area contributed by atoms with Gasteiger partial charge in [0.25, 0.3) is 0 Å². The summed E-state index contributed by atoms with van der Waals surface area (Å²) in [4.78, 5) is 4.96. The van der Waals surface area contributed by atoms with Gasteiger partial charge in [-0.15, -0.1) is 0 Å². The highest BCUT2D eigenvalue weighted by Gasteiger charge is 2.13. The summed E-state index contributed by atoms with van der Waals surface area (Å²) in [5, 5.41) is 2.63. The van der Waals surface area contributed by atoms with Crippen molar-refractivity contribution < 1.29 is 0 Å². The highest BCUT2D eigenvalue weighted by molar-refractivity contribution is 8.03. The Morgan fingerprint density at radius 3 is 2.20 bits per heavy atom. The molecule has 0 fully saturated rings. The van der Waals surface area contributed by atoms with Gasteiger partial charge in [-0.25, -0.2) is 0 Å². The number of thioether (sulfide) groups is 1. The van der Waals surface area contributed by atoms with E-state index in [-0.39, 0.29) is 0 Å². The quantitative estimate of drug-likeness (QED) is 0.249.